The molecule has 0 saturated heterocycles. The number of methoxy groups -OCH3 is 2. The van der Waals surface area contributed by atoms with E-state index in [-0.39, 0.29) is 0 Å². The summed E-state index contributed by atoms with van der Waals surface area (Å²) in [7, 11) is 19.8. The summed E-state index contributed by atoms with van der Waals surface area (Å²) < 4.78 is 9.76. The van der Waals surface area contributed by atoms with Gasteiger partial charge in [-0.25, -0.2) is 0 Å². The number of diazo groups is 2. The average Bonchev–Trinajstić information content (AvgIpc) is 2.60. The summed E-state index contributed by atoms with van der Waals surface area (Å²) >= 11 is 11.3. The van der Waals surface area contributed by atoms with Crippen LogP contribution in [0.4, 0.5) is 11.4 Å². The Morgan fingerprint density at radius 3 is 1.26 bits per heavy atom. The fourth-order valence-corrected chi connectivity index (χ4v) is 1.82. The van der Waals surface area contributed by atoms with E-state index in [0.717, 1.165) is 0 Å². The predicted octanol–water partition coefficient (Wildman–Crippen LogP) is 8.42. The van der Waals surface area contributed by atoms with Crippen molar-refractivity contribution in [2.24, 2.45) is 0 Å². The van der Waals surface area contributed by atoms with Crippen molar-refractivity contribution in [2.75, 3.05) is 14.2 Å². The zero-order valence-electron chi connectivity index (χ0n) is 14.0. The molecule has 0 aliphatic heterocycles. The van der Waals surface area contributed by atoms with E-state index in [0.29, 0.717) is 32.9 Å². The maximum absolute atomic E-state index is 8.46. The molecule has 0 aliphatic rings. The second-order valence-corrected chi connectivity index (χ2v) is 33.0. The minimum atomic E-state index is -3.36. The van der Waals surface area contributed by atoms with Gasteiger partial charge in [-0.2, -0.15) is 0 Å². The summed E-state index contributed by atoms with van der Waals surface area (Å²) in [6, 6.07) is 9.62. The molecule has 0 bridgehead atoms. The third kappa shape index (κ3) is 12.3. The average molecular weight is 546 g/mol. The molecule has 2 aromatic rings. The number of nitrogens with zero attached hydrogens (tertiary/aromatic N) is 4. The van der Waals surface area contributed by atoms with Gasteiger partial charge in [-0.05, 0) is 24.3 Å². The zero-order chi connectivity index (χ0) is 21.0. The van der Waals surface area contributed by atoms with Crippen LogP contribution in [0.1, 0.15) is 0 Å². The van der Waals surface area contributed by atoms with Crippen LogP contribution in [0.2, 0.25) is 10.0 Å². The van der Waals surface area contributed by atoms with Crippen LogP contribution in [0, 0.1) is 10.8 Å². The molecule has 0 saturated carbocycles. The summed E-state index contributed by atoms with van der Waals surface area (Å²) in [4.78, 5) is 5.99. The van der Waals surface area contributed by atoms with Gasteiger partial charge in [-0.3, -0.25) is 0 Å². The molecule has 0 amide bonds. The SMILES string of the molecule is COc1ccc(Cl)cc1[N+]#N.COc1ccc(Cl)cc1[N+]#N.[Cl][Zn-2]([Cl])([Cl])[Cl]. The molecule has 6 nitrogen and oxygen atoms in total. The van der Waals surface area contributed by atoms with Crippen LogP contribution < -0.4 is 9.47 Å². The summed E-state index contributed by atoms with van der Waals surface area (Å²) in [5.74, 6) is 0.994. The molecule has 0 unspecified atom stereocenters. The van der Waals surface area contributed by atoms with Crippen LogP contribution >= 0.6 is 62.0 Å². The normalized spacial score (nSPS) is 9.41. The maximum atomic E-state index is 8.46. The van der Waals surface area contributed by atoms with Crippen LogP contribution in [-0.4, -0.2) is 14.2 Å². The third-order valence-electron chi connectivity index (χ3n) is 2.50. The molecule has 0 radical (unpaired) electrons. The molecule has 0 aliphatic carbocycles. The molecule has 0 heterocycles. The molecule has 0 N–H and O–H groups in total. The Balaban J connectivity index is 0.000000405. The molecule has 0 spiro atoms. The first-order valence-corrected chi connectivity index (χ1v) is 23.3. The molecule has 144 valence electrons. The van der Waals surface area contributed by atoms with Crippen LogP contribution in [0.15, 0.2) is 36.4 Å². The molecular formula is C14H12Cl6N4O2Zn. The van der Waals surface area contributed by atoms with Crippen LogP contribution in [-0.2, 0) is 10.8 Å². The van der Waals surface area contributed by atoms with Crippen LogP contribution in [0.5, 0.6) is 11.5 Å². The van der Waals surface area contributed by atoms with Crippen molar-refractivity contribution in [1.82, 2.24) is 0 Å². The monoisotopic (exact) mass is 542 g/mol. The number of hydrogen-bond acceptors (Lipinski definition) is 4. The molecule has 0 atom stereocenters. The van der Waals surface area contributed by atoms with E-state index in [1.54, 1.807) is 24.3 Å². The molecule has 2 rings (SSSR count). The standard InChI is InChI=1S/2C7H6ClN2O.4ClH.Zn/c2*1-11-7-3-2-5(8)4-6(7)10-9;;;;;/h2*2-4H,1H3;4*1H;/q2*+1;;;;;+2/p-4. The van der Waals surface area contributed by atoms with E-state index < -0.39 is 10.8 Å². The second kappa shape index (κ2) is 13.4. The van der Waals surface area contributed by atoms with Crippen molar-refractivity contribution < 1.29 is 20.3 Å². The van der Waals surface area contributed by atoms with Gasteiger partial charge in [0.1, 0.15) is 0 Å². The van der Waals surface area contributed by atoms with Crippen LogP contribution in [0.25, 0.3) is 9.95 Å². The van der Waals surface area contributed by atoms with Crippen molar-refractivity contribution in [3.63, 3.8) is 0 Å². The van der Waals surface area contributed by atoms with Crippen molar-refractivity contribution >= 4 is 73.3 Å². The number of halogens is 6. The van der Waals surface area contributed by atoms with Gasteiger partial charge in [0.15, 0.2) is 9.95 Å². The zero-order valence-corrected chi connectivity index (χ0v) is 21.5. The van der Waals surface area contributed by atoms with E-state index in [9.17, 15) is 0 Å². The van der Waals surface area contributed by atoms with Crippen molar-refractivity contribution in [3.8, 4) is 11.5 Å². The number of rotatable bonds is 2. The Bertz CT molecular complexity index is 766. The van der Waals surface area contributed by atoms with Gasteiger partial charge in [-0.1, -0.05) is 23.2 Å². The Hall–Kier alpha value is -0.757. The Morgan fingerprint density at radius 2 is 1.04 bits per heavy atom. The van der Waals surface area contributed by atoms with E-state index in [4.69, 9.17) is 82.2 Å². The van der Waals surface area contributed by atoms with E-state index in [1.807, 2.05) is 0 Å². The van der Waals surface area contributed by atoms with Gasteiger partial charge in [0, 0.05) is 10.0 Å². The molecule has 13 heteroatoms. The van der Waals surface area contributed by atoms with Gasteiger partial charge in [0.2, 0.25) is 22.3 Å². The van der Waals surface area contributed by atoms with E-state index in [1.165, 1.54) is 26.4 Å². The van der Waals surface area contributed by atoms with Gasteiger partial charge in [0.05, 0.1) is 26.4 Å². The number of benzene rings is 2. The van der Waals surface area contributed by atoms with E-state index in [2.05, 4.69) is 9.95 Å². The fourth-order valence-electron chi connectivity index (χ4n) is 1.48. The second-order valence-electron chi connectivity index (χ2n) is 4.44. The van der Waals surface area contributed by atoms with Gasteiger partial charge in [0.25, 0.3) is 0 Å². The van der Waals surface area contributed by atoms with Gasteiger partial charge >= 0.3 is 61.0 Å². The molecule has 27 heavy (non-hydrogen) atoms. The summed E-state index contributed by atoms with van der Waals surface area (Å²) in [5, 5.41) is 17.9. The fraction of sp³-hybridized carbons (Fsp3) is 0.143. The molecular weight excluding hydrogens is 534 g/mol. The Morgan fingerprint density at radius 1 is 0.741 bits per heavy atom. The predicted molar refractivity (Wildman–Crippen MR) is 109 cm³/mol. The number of hydrogen-bond donors (Lipinski definition) is 0. The Kier molecular flexibility index (Phi) is 13.0. The van der Waals surface area contributed by atoms with Crippen molar-refractivity contribution in [3.05, 3.63) is 56.4 Å². The van der Waals surface area contributed by atoms with Gasteiger partial charge < -0.3 is 9.47 Å². The topological polar surface area (TPSA) is 74.8 Å². The van der Waals surface area contributed by atoms with Crippen molar-refractivity contribution in [2.45, 2.75) is 0 Å². The van der Waals surface area contributed by atoms with Gasteiger partial charge in [-0.15, -0.1) is 0 Å². The Labute approximate surface area is 185 Å². The first-order chi connectivity index (χ1) is 12.5. The quantitative estimate of drug-likeness (QED) is 0.280. The summed E-state index contributed by atoms with van der Waals surface area (Å²) in [6.45, 7) is 0. The third-order valence-corrected chi connectivity index (χ3v) is 2.97. The summed E-state index contributed by atoms with van der Waals surface area (Å²) in [6.07, 6.45) is 0. The molecule has 0 aromatic heterocycles. The molecule has 2 aromatic carbocycles. The first kappa shape index (κ1) is 26.2. The van der Waals surface area contributed by atoms with Crippen molar-refractivity contribution in [1.29, 1.82) is 10.8 Å². The first-order valence-electron chi connectivity index (χ1n) is 7.00. The van der Waals surface area contributed by atoms with Crippen LogP contribution in [0.3, 0.4) is 0 Å². The minimum absolute atomic E-state index is 0.333. The van der Waals surface area contributed by atoms with E-state index >= 15 is 0 Å². The number of ether oxygens (including phenoxy) is 2. The molecule has 0 fully saturated rings. The summed E-state index contributed by atoms with van der Waals surface area (Å²) in [5.41, 5.74) is 0.667.